The Morgan fingerprint density at radius 1 is 1.07 bits per heavy atom. The van der Waals surface area contributed by atoms with Crippen LogP contribution in [0.15, 0.2) is 18.2 Å². The molecule has 6 heteroatoms. The van der Waals surface area contributed by atoms with Gasteiger partial charge in [-0.15, -0.1) is 0 Å². The molecule has 0 aromatic heterocycles. The number of benzene rings is 1. The first-order valence-corrected chi connectivity index (χ1v) is 4.23. The Morgan fingerprint density at radius 3 is 1.80 bits per heavy atom. The van der Waals surface area contributed by atoms with Crippen LogP contribution in [0.3, 0.4) is 0 Å². The fourth-order valence-corrected chi connectivity index (χ4v) is 1.28. The quantitative estimate of drug-likeness (QED) is 0.290. The van der Waals surface area contributed by atoms with Gasteiger partial charge in [0.1, 0.15) is 0 Å². The lowest BCUT2D eigenvalue weighted by Gasteiger charge is -2.08. The van der Waals surface area contributed by atoms with Crippen molar-refractivity contribution in [3.05, 3.63) is 34.9 Å². The number of carbonyl (C=O) groups excluding carboxylic acids is 2. The van der Waals surface area contributed by atoms with Gasteiger partial charge < -0.3 is 0 Å². The van der Waals surface area contributed by atoms with Crippen LogP contribution in [-0.2, 0) is 0 Å². The van der Waals surface area contributed by atoms with Crippen LogP contribution in [0.2, 0.25) is 0 Å². The molecule has 1 rings (SSSR count). The van der Waals surface area contributed by atoms with Crippen molar-refractivity contribution in [2.45, 2.75) is 6.92 Å². The van der Waals surface area contributed by atoms with Crippen LogP contribution < -0.4 is 22.5 Å². The van der Waals surface area contributed by atoms with E-state index in [-0.39, 0.29) is 0 Å². The number of nitrogens with two attached hydrogens (primary N) is 2. The van der Waals surface area contributed by atoms with Gasteiger partial charge >= 0.3 is 0 Å². The van der Waals surface area contributed by atoms with E-state index in [9.17, 15) is 9.59 Å². The number of hydrazine groups is 2. The van der Waals surface area contributed by atoms with E-state index in [1.807, 2.05) is 10.9 Å². The Kier molecular flexibility index (Phi) is 3.37. The van der Waals surface area contributed by atoms with Crippen LogP contribution >= 0.6 is 0 Å². The minimum Gasteiger partial charge on any atom is -0.290 e. The number of rotatable bonds is 2. The Morgan fingerprint density at radius 2 is 1.47 bits per heavy atom. The Balaban J connectivity index is 3.23. The zero-order chi connectivity index (χ0) is 11.4. The first-order chi connectivity index (χ1) is 7.11. The Hall–Kier alpha value is -1.92. The molecule has 0 fully saturated rings. The van der Waals surface area contributed by atoms with Crippen LogP contribution in [-0.4, -0.2) is 11.8 Å². The SMILES string of the molecule is Cc1c(C(=O)NN)cccc1C(=O)NN. The van der Waals surface area contributed by atoms with Gasteiger partial charge in [0.05, 0.1) is 0 Å². The average molecular weight is 208 g/mol. The molecule has 0 unspecified atom stereocenters. The third-order valence-electron chi connectivity index (χ3n) is 2.09. The van der Waals surface area contributed by atoms with Crippen LogP contribution in [0.4, 0.5) is 0 Å². The van der Waals surface area contributed by atoms with Crippen molar-refractivity contribution in [1.82, 2.24) is 10.9 Å². The lowest BCUT2D eigenvalue weighted by molar-refractivity contribution is 0.0953. The van der Waals surface area contributed by atoms with E-state index in [2.05, 4.69) is 0 Å². The standard InChI is InChI=1S/C9H12N4O2/c1-5-6(8(14)12-10)3-2-4-7(5)9(15)13-11/h2-4H,10-11H2,1H3,(H,12,14)(H,13,15). The minimum atomic E-state index is -0.445. The highest BCUT2D eigenvalue weighted by Crippen LogP contribution is 2.13. The molecule has 80 valence electrons. The highest BCUT2D eigenvalue weighted by atomic mass is 16.2. The van der Waals surface area contributed by atoms with Gasteiger partial charge in [0.25, 0.3) is 11.8 Å². The van der Waals surface area contributed by atoms with Crippen LogP contribution in [0.25, 0.3) is 0 Å². The zero-order valence-corrected chi connectivity index (χ0v) is 8.20. The monoisotopic (exact) mass is 208 g/mol. The third kappa shape index (κ3) is 2.12. The number of nitrogen functional groups attached to an aromatic ring is 2. The molecule has 0 heterocycles. The van der Waals surface area contributed by atoms with Crippen LogP contribution in [0.1, 0.15) is 26.3 Å². The molecule has 0 saturated carbocycles. The molecular formula is C9H12N4O2. The number of carbonyl (C=O) groups is 2. The molecule has 6 N–H and O–H groups in total. The van der Waals surface area contributed by atoms with E-state index >= 15 is 0 Å². The van der Waals surface area contributed by atoms with Gasteiger partial charge in [-0.3, -0.25) is 20.4 Å². The van der Waals surface area contributed by atoms with Gasteiger partial charge in [0.2, 0.25) is 0 Å². The van der Waals surface area contributed by atoms with Gasteiger partial charge in [-0.05, 0) is 24.6 Å². The predicted molar refractivity (Wildman–Crippen MR) is 54.5 cm³/mol. The van der Waals surface area contributed by atoms with E-state index in [4.69, 9.17) is 11.7 Å². The van der Waals surface area contributed by atoms with Crippen molar-refractivity contribution in [3.63, 3.8) is 0 Å². The fraction of sp³-hybridized carbons (Fsp3) is 0.111. The molecule has 0 aliphatic heterocycles. The van der Waals surface area contributed by atoms with E-state index in [1.165, 1.54) is 0 Å². The second kappa shape index (κ2) is 4.54. The summed E-state index contributed by atoms with van der Waals surface area (Å²) in [6, 6.07) is 4.73. The molecule has 1 aromatic carbocycles. The molecule has 6 nitrogen and oxygen atoms in total. The zero-order valence-electron chi connectivity index (χ0n) is 8.20. The lowest BCUT2D eigenvalue weighted by Crippen LogP contribution is -2.33. The summed E-state index contributed by atoms with van der Waals surface area (Å²) in [6.45, 7) is 1.65. The van der Waals surface area contributed by atoms with Gasteiger partial charge in [-0.2, -0.15) is 0 Å². The summed E-state index contributed by atoms with van der Waals surface area (Å²) in [6.07, 6.45) is 0. The Bertz CT molecular complexity index is 369. The second-order valence-electron chi connectivity index (χ2n) is 2.93. The largest absolute Gasteiger partial charge is 0.290 e. The first-order valence-electron chi connectivity index (χ1n) is 4.23. The highest BCUT2D eigenvalue weighted by molar-refractivity contribution is 6.01. The van der Waals surface area contributed by atoms with Crippen molar-refractivity contribution in [3.8, 4) is 0 Å². The molecule has 0 aliphatic rings. The van der Waals surface area contributed by atoms with Crippen molar-refractivity contribution in [2.24, 2.45) is 11.7 Å². The normalized spacial score (nSPS) is 9.53. The van der Waals surface area contributed by atoms with Gasteiger partial charge in [-0.25, -0.2) is 11.7 Å². The van der Waals surface area contributed by atoms with E-state index in [0.717, 1.165) is 0 Å². The highest BCUT2D eigenvalue weighted by Gasteiger charge is 2.14. The summed E-state index contributed by atoms with van der Waals surface area (Å²) in [5.41, 5.74) is 5.23. The van der Waals surface area contributed by atoms with Gasteiger partial charge in [0, 0.05) is 11.1 Å². The summed E-state index contributed by atoms with van der Waals surface area (Å²) >= 11 is 0. The lowest BCUT2D eigenvalue weighted by atomic mass is 10.0. The van der Waals surface area contributed by atoms with Crippen LogP contribution in [0, 0.1) is 6.92 Å². The third-order valence-corrected chi connectivity index (χ3v) is 2.09. The number of amides is 2. The molecule has 0 atom stereocenters. The van der Waals surface area contributed by atoms with E-state index < -0.39 is 11.8 Å². The molecule has 15 heavy (non-hydrogen) atoms. The van der Waals surface area contributed by atoms with Crippen molar-refractivity contribution in [2.75, 3.05) is 0 Å². The predicted octanol–water partition coefficient (Wildman–Crippen LogP) is -0.798. The molecule has 2 amide bonds. The summed E-state index contributed by atoms with van der Waals surface area (Å²) in [5, 5.41) is 0. The van der Waals surface area contributed by atoms with Crippen molar-refractivity contribution < 1.29 is 9.59 Å². The molecule has 0 bridgehead atoms. The maximum absolute atomic E-state index is 11.3. The smallest absolute Gasteiger partial charge is 0.265 e. The second-order valence-corrected chi connectivity index (χ2v) is 2.93. The van der Waals surface area contributed by atoms with Crippen molar-refractivity contribution in [1.29, 1.82) is 0 Å². The van der Waals surface area contributed by atoms with Gasteiger partial charge in [0.15, 0.2) is 0 Å². The number of hydrogen-bond donors (Lipinski definition) is 4. The number of nitrogens with one attached hydrogen (secondary N) is 2. The van der Waals surface area contributed by atoms with Crippen molar-refractivity contribution >= 4 is 11.8 Å². The Labute approximate surface area is 86.6 Å². The fourth-order valence-electron chi connectivity index (χ4n) is 1.28. The molecule has 0 radical (unpaired) electrons. The summed E-state index contributed by atoms with van der Waals surface area (Å²) in [5.74, 6) is 9.12. The van der Waals surface area contributed by atoms with E-state index in [0.29, 0.717) is 16.7 Å². The average Bonchev–Trinajstić information content (AvgIpc) is 2.27. The topological polar surface area (TPSA) is 110 Å². The molecule has 1 aromatic rings. The molecule has 0 spiro atoms. The van der Waals surface area contributed by atoms with E-state index in [1.54, 1.807) is 25.1 Å². The minimum absolute atomic E-state index is 0.346. The summed E-state index contributed by atoms with van der Waals surface area (Å²) in [4.78, 5) is 22.6. The summed E-state index contributed by atoms with van der Waals surface area (Å²) < 4.78 is 0. The molecule has 0 saturated heterocycles. The number of hydrogen-bond acceptors (Lipinski definition) is 4. The molecular weight excluding hydrogens is 196 g/mol. The summed E-state index contributed by atoms with van der Waals surface area (Å²) in [7, 11) is 0. The van der Waals surface area contributed by atoms with Gasteiger partial charge in [-0.1, -0.05) is 6.07 Å². The first kappa shape index (κ1) is 11.2. The van der Waals surface area contributed by atoms with Crippen LogP contribution in [0.5, 0.6) is 0 Å². The maximum Gasteiger partial charge on any atom is 0.265 e. The maximum atomic E-state index is 11.3. The molecule has 0 aliphatic carbocycles.